The number of nitrogens with one attached hydrogen (secondary N) is 2. The molecule has 208 valence electrons. The number of amides is 1. The third-order valence-electron chi connectivity index (χ3n) is 7.26. The van der Waals surface area contributed by atoms with Gasteiger partial charge in [0.25, 0.3) is 5.56 Å². The summed E-state index contributed by atoms with van der Waals surface area (Å²) in [6, 6.07) is 12.5. The molecule has 3 aromatic rings. The van der Waals surface area contributed by atoms with Gasteiger partial charge in [0.1, 0.15) is 17.5 Å². The number of rotatable bonds is 7. The van der Waals surface area contributed by atoms with E-state index in [4.69, 9.17) is 5.26 Å². The van der Waals surface area contributed by atoms with Crippen LogP contribution in [0.25, 0.3) is 0 Å². The predicted molar refractivity (Wildman–Crippen MR) is 140 cm³/mol. The number of carbonyl (C=O) groups excluding carboxylic acids is 1. The van der Waals surface area contributed by atoms with Gasteiger partial charge in [-0.15, -0.1) is 0 Å². The first-order valence-corrected chi connectivity index (χ1v) is 12.8. The Labute approximate surface area is 228 Å². The van der Waals surface area contributed by atoms with Crippen molar-refractivity contribution in [3.05, 3.63) is 81.4 Å². The third-order valence-corrected chi connectivity index (χ3v) is 7.26. The lowest BCUT2D eigenvalue weighted by atomic mass is 10.0. The normalized spacial score (nSPS) is 17.1. The van der Waals surface area contributed by atoms with Crippen molar-refractivity contribution in [3.8, 4) is 6.07 Å². The summed E-state index contributed by atoms with van der Waals surface area (Å²) in [5.41, 5.74) is -0.550. The first kappa shape index (κ1) is 27.1. The number of hydrogen-bond acceptors (Lipinski definition) is 8. The number of carbonyl (C=O) groups is 1. The summed E-state index contributed by atoms with van der Waals surface area (Å²) in [5, 5.41) is 17.6. The summed E-state index contributed by atoms with van der Waals surface area (Å²) in [6.07, 6.45) is -1.84. The van der Waals surface area contributed by atoms with Gasteiger partial charge in [-0.2, -0.15) is 23.5 Å². The minimum absolute atomic E-state index is 0.0609. The fourth-order valence-corrected chi connectivity index (χ4v) is 5.28. The smallest absolute Gasteiger partial charge is 0.358 e. The van der Waals surface area contributed by atoms with Crippen molar-refractivity contribution in [1.82, 2.24) is 25.4 Å². The molecule has 1 aromatic carbocycles. The van der Waals surface area contributed by atoms with Gasteiger partial charge >= 0.3 is 6.18 Å². The monoisotopic (exact) mass is 552 g/mol. The fraction of sp³-hybridized carbons (Fsp3) is 0.370. The van der Waals surface area contributed by atoms with Crippen LogP contribution < -0.4 is 20.7 Å². The molecule has 1 unspecified atom stereocenters. The second kappa shape index (κ2) is 11.4. The van der Waals surface area contributed by atoms with Crippen LogP contribution in [0.1, 0.15) is 34.7 Å². The SMILES string of the molecule is N#Cc1ccc(N2CCN(C(=O)CNCCC3c4ccccc4CN3c3cn[nH]c(=O)c3C(F)(F)F)CC2)nc1. The molecule has 1 amide bonds. The number of nitrogens with zero attached hydrogens (tertiary/aromatic N) is 6. The van der Waals surface area contributed by atoms with Crippen molar-refractivity contribution in [2.45, 2.75) is 25.2 Å². The molecule has 2 aliphatic heterocycles. The lowest BCUT2D eigenvalue weighted by Crippen LogP contribution is -2.51. The number of aromatic amines is 1. The van der Waals surface area contributed by atoms with Gasteiger partial charge in [0.05, 0.1) is 30.0 Å². The van der Waals surface area contributed by atoms with Gasteiger partial charge < -0.3 is 20.0 Å². The maximum absolute atomic E-state index is 13.8. The molecule has 5 rings (SSSR count). The number of fused-ring (bicyclic) bond motifs is 1. The highest BCUT2D eigenvalue weighted by atomic mass is 19.4. The lowest BCUT2D eigenvalue weighted by molar-refractivity contribution is -0.138. The number of halogens is 3. The number of hydrogen-bond donors (Lipinski definition) is 2. The van der Waals surface area contributed by atoms with Gasteiger partial charge in [0.2, 0.25) is 5.91 Å². The van der Waals surface area contributed by atoms with Gasteiger partial charge in [-0.05, 0) is 36.2 Å². The van der Waals surface area contributed by atoms with Gasteiger partial charge in [-0.1, -0.05) is 24.3 Å². The van der Waals surface area contributed by atoms with Crippen LogP contribution in [0.15, 0.2) is 53.6 Å². The molecular weight excluding hydrogens is 525 g/mol. The van der Waals surface area contributed by atoms with E-state index in [0.717, 1.165) is 23.1 Å². The van der Waals surface area contributed by atoms with Crippen LogP contribution in [0.5, 0.6) is 0 Å². The molecule has 0 radical (unpaired) electrons. The summed E-state index contributed by atoms with van der Waals surface area (Å²) < 4.78 is 41.4. The number of alkyl halides is 3. The Kier molecular flexibility index (Phi) is 7.70. The Bertz CT molecular complexity index is 1460. The molecule has 4 heterocycles. The predicted octanol–water partition coefficient (Wildman–Crippen LogP) is 2.45. The fourth-order valence-electron chi connectivity index (χ4n) is 5.28. The molecule has 1 saturated heterocycles. The van der Waals surface area contributed by atoms with E-state index in [1.54, 1.807) is 21.9 Å². The summed E-state index contributed by atoms with van der Waals surface area (Å²) in [6.45, 7) is 2.99. The topological polar surface area (TPSA) is 121 Å². The highest BCUT2D eigenvalue weighted by Gasteiger charge is 2.41. The van der Waals surface area contributed by atoms with Crippen molar-refractivity contribution in [2.24, 2.45) is 0 Å². The van der Waals surface area contributed by atoms with Crippen molar-refractivity contribution < 1.29 is 18.0 Å². The Morgan fingerprint density at radius 2 is 1.90 bits per heavy atom. The summed E-state index contributed by atoms with van der Waals surface area (Å²) in [4.78, 5) is 34.6. The molecule has 1 fully saturated rings. The Morgan fingerprint density at radius 1 is 1.12 bits per heavy atom. The highest BCUT2D eigenvalue weighted by molar-refractivity contribution is 5.78. The summed E-state index contributed by atoms with van der Waals surface area (Å²) in [7, 11) is 0. The molecular formula is C27H27F3N8O2. The van der Waals surface area contributed by atoms with E-state index in [-0.39, 0.29) is 24.7 Å². The van der Waals surface area contributed by atoms with Crippen LogP contribution in [0.4, 0.5) is 24.7 Å². The van der Waals surface area contributed by atoms with E-state index in [9.17, 15) is 22.8 Å². The molecule has 40 heavy (non-hydrogen) atoms. The van der Waals surface area contributed by atoms with Crippen molar-refractivity contribution in [2.75, 3.05) is 49.1 Å². The van der Waals surface area contributed by atoms with Crippen molar-refractivity contribution in [3.63, 3.8) is 0 Å². The van der Waals surface area contributed by atoms with E-state index in [0.29, 0.717) is 44.7 Å². The standard InChI is InChI=1S/C27H27F3N8O2/c28-27(29,30)25-22(15-34-35-26(25)40)38-17-19-3-1-2-4-20(19)21(38)7-8-32-16-24(39)37-11-9-36(10-12-37)23-6-5-18(13-31)14-33-23/h1-6,14-15,21,32H,7-12,16-17H2,(H,35,40). The number of piperazine rings is 1. The van der Waals surface area contributed by atoms with Crippen LogP contribution in [0, 0.1) is 11.3 Å². The number of H-pyrrole nitrogens is 1. The average Bonchev–Trinajstić information content (AvgIpc) is 3.33. The van der Waals surface area contributed by atoms with Crippen molar-refractivity contribution in [1.29, 1.82) is 5.26 Å². The molecule has 1 atom stereocenters. The van der Waals surface area contributed by atoms with E-state index in [2.05, 4.69) is 20.3 Å². The van der Waals surface area contributed by atoms with E-state index >= 15 is 0 Å². The molecule has 2 N–H and O–H groups in total. The zero-order valence-corrected chi connectivity index (χ0v) is 21.5. The van der Waals surface area contributed by atoms with E-state index < -0.39 is 23.3 Å². The zero-order chi connectivity index (χ0) is 28.3. The largest absolute Gasteiger partial charge is 0.423 e. The second-order valence-electron chi connectivity index (χ2n) is 9.65. The summed E-state index contributed by atoms with van der Waals surface area (Å²) >= 11 is 0. The molecule has 0 aliphatic carbocycles. The van der Waals surface area contributed by atoms with Crippen molar-refractivity contribution >= 4 is 17.4 Å². The van der Waals surface area contributed by atoms with Gasteiger partial charge in [-0.3, -0.25) is 9.59 Å². The number of pyridine rings is 1. The molecule has 13 heteroatoms. The molecule has 0 spiro atoms. The van der Waals surface area contributed by atoms with Gasteiger partial charge in [0, 0.05) is 38.9 Å². The maximum Gasteiger partial charge on any atom is 0.423 e. The van der Waals surface area contributed by atoms with E-state index in [1.165, 1.54) is 6.20 Å². The van der Waals surface area contributed by atoms with Crippen LogP contribution in [0.2, 0.25) is 0 Å². The zero-order valence-electron chi connectivity index (χ0n) is 21.5. The van der Waals surface area contributed by atoms with Crippen LogP contribution >= 0.6 is 0 Å². The molecule has 2 aliphatic rings. The first-order valence-electron chi connectivity index (χ1n) is 12.8. The number of benzene rings is 1. The first-order chi connectivity index (χ1) is 19.3. The average molecular weight is 553 g/mol. The maximum atomic E-state index is 13.8. The highest BCUT2D eigenvalue weighted by Crippen LogP contribution is 2.43. The number of aromatic nitrogens is 3. The van der Waals surface area contributed by atoms with Gasteiger partial charge in [-0.25, -0.2) is 10.1 Å². The quantitative estimate of drug-likeness (QED) is 0.429. The molecule has 0 saturated carbocycles. The van der Waals surface area contributed by atoms with Crippen LogP contribution in [-0.2, 0) is 17.5 Å². The Morgan fingerprint density at radius 3 is 2.60 bits per heavy atom. The molecule has 10 nitrogen and oxygen atoms in total. The molecule has 0 bridgehead atoms. The van der Waals surface area contributed by atoms with Crippen LogP contribution in [0.3, 0.4) is 0 Å². The minimum Gasteiger partial charge on any atom is -0.358 e. The van der Waals surface area contributed by atoms with E-state index in [1.807, 2.05) is 35.4 Å². The number of nitriles is 1. The Balaban J connectivity index is 1.18. The second-order valence-corrected chi connectivity index (χ2v) is 9.65. The summed E-state index contributed by atoms with van der Waals surface area (Å²) in [5.74, 6) is 0.698. The third kappa shape index (κ3) is 5.62. The number of anilines is 2. The van der Waals surface area contributed by atoms with Crippen LogP contribution in [-0.4, -0.2) is 65.3 Å². The minimum atomic E-state index is -4.84. The molecule has 2 aromatic heterocycles. The Hall–Kier alpha value is -4.44. The van der Waals surface area contributed by atoms with Gasteiger partial charge in [0.15, 0.2) is 0 Å². The lowest BCUT2D eigenvalue weighted by Gasteiger charge is -2.35.